The lowest BCUT2D eigenvalue weighted by molar-refractivity contribution is -0.161. The largest absolute Gasteiger partial charge is 0.462 e. The van der Waals surface area contributed by atoms with Crippen LogP contribution >= 0.6 is 11.8 Å². The lowest BCUT2D eigenvalue weighted by Gasteiger charge is -2.16. The zero-order valence-electron chi connectivity index (χ0n) is 33.9. The maximum atomic E-state index is 12.2. The van der Waals surface area contributed by atoms with Gasteiger partial charge in [-0.05, 0) is 57.8 Å². The topological polar surface area (TPSA) is 143 Å². The second-order valence-corrected chi connectivity index (χ2v) is 16.7. The van der Waals surface area contributed by atoms with Gasteiger partial charge in [-0.2, -0.15) is 11.8 Å². The fourth-order valence-electron chi connectivity index (χ4n) is 7.19. The van der Waals surface area contributed by atoms with Gasteiger partial charge in [0.25, 0.3) is 0 Å². The second kappa shape index (κ2) is 32.9. The molecule has 0 unspecified atom stereocenters. The molecule has 10 nitrogen and oxygen atoms in total. The van der Waals surface area contributed by atoms with Crippen molar-refractivity contribution in [3.63, 3.8) is 0 Å². The van der Waals surface area contributed by atoms with E-state index in [0.29, 0.717) is 24.5 Å². The molecule has 0 aliphatic carbocycles. The number of aliphatic hydroxyl groups is 1. The molecule has 0 radical (unpaired) electrons. The van der Waals surface area contributed by atoms with Gasteiger partial charge >= 0.3 is 18.0 Å². The number of carbonyl (C=O) groups excluding carboxylic acids is 4. The number of allylic oxidation sites excluding steroid dienone is 2. The van der Waals surface area contributed by atoms with Crippen LogP contribution in [0, 0.1) is 0 Å². The fraction of sp³-hybridized carbons (Fsp3) is 0.860. The predicted octanol–water partition coefficient (Wildman–Crippen LogP) is 9.21. The number of amides is 3. The average molecular weight is 780 g/mol. The van der Waals surface area contributed by atoms with Crippen LogP contribution in [0.3, 0.4) is 0 Å². The molecule has 0 aromatic carbocycles. The standard InChI is InChI=1S/C43H77N3O7S/c1-2-3-4-5-6-7-8-9-10-11-12-14-17-20-23-30-40(49)52-34-36(33-47)53-41(50)31-24-21-18-15-13-16-19-22-27-32-44-39(48)29-26-25-28-38-42-37(35-54-38)45-43(51)46-42/h9-10,36-38,42,47H,2-8,11-35H2,1H3,(H,44,48)(H2,45,46,51)/b10-9-/t36-,37-,38-,42-/m0/s1. The van der Waals surface area contributed by atoms with E-state index in [1.807, 2.05) is 11.8 Å². The van der Waals surface area contributed by atoms with Crippen LogP contribution < -0.4 is 16.0 Å². The lowest BCUT2D eigenvalue weighted by atomic mass is 10.0. The van der Waals surface area contributed by atoms with Crippen molar-refractivity contribution in [3.8, 4) is 0 Å². The Kier molecular flexibility index (Phi) is 29.2. The molecule has 11 heteroatoms. The Morgan fingerprint density at radius 2 is 1.30 bits per heavy atom. The average Bonchev–Trinajstić information content (AvgIpc) is 3.72. The first kappa shape index (κ1) is 47.9. The number of ether oxygens (including phenoxy) is 2. The smallest absolute Gasteiger partial charge is 0.315 e. The lowest BCUT2D eigenvalue weighted by Crippen LogP contribution is -2.36. The minimum Gasteiger partial charge on any atom is -0.462 e. The van der Waals surface area contributed by atoms with E-state index in [1.165, 1.54) is 77.0 Å². The van der Waals surface area contributed by atoms with Crippen molar-refractivity contribution in [3.05, 3.63) is 12.2 Å². The number of thioether (sulfide) groups is 1. The summed E-state index contributed by atoms with van der Waals surface area (Å²) in [4.78, 5) is 48.0. The minimum atomic E-state index is -0.805. The molecule has 0 bridgehead atoms. The van der Waals surface area contributed by atoms with E-state index in [2.05, 4.69) is 35.0 Å². The van der Waals surface area contributed by atoms with Crippen LogP contribution in [0.25, 0.3) is 0 Å². The van der Waals surface area contributed by atoms with E-state index in [1.54, 1.807) is 0 Å². The number of esters is 2. The normalized spacial score (nSPS) is 18.3. The third-order valence-corrected chi connectivity index (χ3v) is 12.0. The molecule has 2 saturated heterocycles. The summed E-state index contributed by atoms with van der Waals surface area (Å²) in [6.45, 7) is 2.54. The van der Waals surface area contributed by atoms with Crippen LogP contribution in [0.15, 0.2) is 12.2 Å². The molecule has 4 N–H and O–H groups in total. The number of hydrogen-bond acceptors (Lipinski definition) is 8. The second-order valence-electron chi connectivity index (χ2n) is 15.5. The molecule has 4 atom stereocenters. The number of fused-ring (bicyclic) bond motifs is 1. The predicted molar refractivity (Wildman–Crippen MR) is 221 cm³/mol. The van der Waals surface area contributed by atoms with E-state index >= 15 is 0 Å². The zero-order valence-corrected chi connectivity index (χ0v) is 34.7. The van der Waals surface area contributed by atoms with Crippen molar-refractivity contribution in [2.75, 3.05) is 25.5 Å². The SMILES string of the molecule is CCCCCCCC/C=C\CCCCCCCC(=O)OC[C@H](CO)OC(=O)CCCCCCCCCCCNC(=O)CCCC[C@@H]1SC[C@@H]2NC(=O)N[C@@H]21. The highest BCUT2D eigenvalue weighted by molar-refractivity contribution is 8.00. The molecular weight excluding hydrogens is 703 g/mol. The summed E-state index contributed by atoms with van der Waals surface area (Å²) < 4.78 is 10.6. The minimum absolute atomic E-state index is 0.0480. The van der Waals surface area contributed by atoms with Gasteiger partial charge in [0, 0.05) is 36.8 Å². The number of hydrogen-bond donors (Lipinski definition) is 4. The molecule has 0 spiro atoms. The number of aliphatic hydroxyl groups excluding tert-OH is 1. The third-order valence-electron chi connectivity index (χ3n) is 10.5. The first-order valence-electron chi connectivity index (χ1n) is 22.0. The van der Waals surface area contributed by atoms with Crippen LogP contribution in [0.4, 0.5) is 4.79 Å². The van der Waals surface area contributed by atoms with Crippen molar-refractivity contribution >= 4 is 35.6 Å². The van der Waals surface area contributed by atoms with Crippen molar-refractivity contribution in [2.45, 2.75) is 210 Å². The molecule has 312 valence electrons. The van der Waals surface area contributed by atoms with Gasteiger partial charge in [-0.1, -0.05) is 122 Å². The maximum absolute atomic E-state index is 12.2. The Hall–Kier alpha value is -2.27. The van der Waals surface area contributed by atoms with Crippen LogP contribution in [0.2, 0.25) is 0 Å². The van der Waals surface area contributed by atoms with E-state index in [4.69, 9.17) is 9.47 Å². The molecule has 2 fully saturated rings. The summed E-state index contributed by atoms with van der Waals surface area (Å²) in [7, 11) is 0. The van der Waals surface area contributed by atoms with E-state index in [9.17, 15) is 24.3 Å². The van der Waals surface area contributed by atoms with Gasteiger partial charge < -0.3 is 30.5 Å². The fourth-order valence-corrected chi connectivity index (χ4v) is 8.73. The Balaban J connectivity index is 1.29. The van der Waals surface area contributed by atoms with Crippen LogP contribution in [-0.4, -0.2) is 77.9 Å². The number of urea groups is 1. The van der Waals surface area contributed by atoms with Gasteiger partial charge in [0.15, 0.2) is 6.10 Å². The molecule has 0 saturated carbocycles. The molecule has 54 heavy (non-hydrogen) atoms. The highest BCUT2D eigenvalue weighted by Gasteiger charge is 2.42. The van der Waals surface area contributed by atoms with Crippen molar-refractivity contribution < 1.29 is 33.8 Å². The molecule has 0 aromatic heterocycles. The highest BCUT2D eigenvalue weighted by Crippen LogP contribution is 2.33. The summed E-state index contributed by atoms with van der Waals surface area (Å²) in [6.07, 6.45) is 33.3. The Morgan fingerprint density at radius 1 is 0.741 bits per heavy atom. The van der Waals surface area contributed by atoms with Gasteiger partial charge in [0.2, 0.25) is 5.91 Å². The Morgan fingerprint density at radius 3 is 1.93 bits per heavy atom. The summed E-state index contributed by atoms with van der Waals surface area (Å²) >= 11 is 1.92. The van der Waals surface area contributed by atoms with Gasteiger partial charge in [-0.25, -0.2) is 4.79 Å². The summed E-state index contributed by atoms with van der Waals surface area (Å²) in [5, 5.41) is 19.1. The van der Waals surface area contributed by atoms with E-state index < -0.39 is 6.10 Å². The first-order chi connectivity index (χ1) is 26.4. The van der Waals surface area contributed by atoms with Crippen LogP contribution in [-0.2, 0) is 23.9 Å². The Labute approximate surface area is 332 Å². The van der Waals surface area contributed by atoms with Crippen LogP contribution in [0.1, 0.15) is 187 Å². The van der Waals surface area contributed by atoms with Gasteiger partial charge in [0.05, 0.1) is 18.7 Å². The summed E-state index contributed by atoms with van der Waals surface area (Å²) in [5.41, 5.74) is 0. The van der Waals surface area contributed by atoms with Crippen molar-refractivity contribution in [2.24, 2.45) is 0 Å². The van der Waals surface area contributed by atoms with Gasteiger partial charge in [-0.15, -0.1) is 0 Å². The number of rotatable bonds is 36. The molecule has 0 aromatic rings. The van der Waals surface area contributed by atoms with Gasteiger partial charge in [0.1, 0.15) is 6.61 Å². The number of carbonyl (C=O) groups is 4. The van der Waals surface area contributed by atoms with Crippen molar-refractivity contribution in [1.82, 2.24) is 16.0 Å². The van der Waals surface area contributed by atoms with Crippen LogP contribution in [0.5, 0.6) is 0 Å². The molecule has 2 aliphatic rings. The number of nitrogens with one attached hydrogen (secondary N) is 3. The van der Waals surface area contributed by atoms with Crippen molar-refractivity contribution in [1.29, 1.82) is 0 Å². The Bertz CT molecular complexity index is 1030. The molecule has 2 aliphatic heterocycles. The number of unbranched alkanes of at least 4 members (excludes halogenated alkanes) is 20. The quantitative estimate of drug-likeness (QED) is 0.0213. The summed E-state index contributed by atoms with van der Waals surface area (Å²) in [5.74, 6) is 0.459. The maximum Gasteiger partial charge on any atom is 0.315 e. The van der Waals surface area contributed by atoms with E-state index in [0.717, 1.165) is 95.8 Å². The van der Waals surface area contributed by atoms with E-state index in [-0.39, 0.29) is 49.2 Å². The third kappa shape index (κ3) is 25.0. The monoisotopic (exact) mass is 780 g/mol. The molecule has 3 amide bonds. The first-order valence-corrected chi connectivity index (χ1v) is 23.0. The zero-order chi connectivity index (χ0) is 38.9. The summed E-state index contributed by atoms with van der Waals surface area (Å²) in [6, 6.07) is 0.449. The molecule has 2 rings (SSSR count). The molecular formula is C43H77N3O7S. The highest BCUT2D eigenvalue weighted by atomic mass is 32.2. The molecule has 2 heterocycles. The van der Waals surface area contributed by atoms with Gasteiger partial charge in [-0.3, -0.25) is 14.4 Å².